The molecular weight excluding hydrogens is 422 g/mol. The van der Waals surface area contributed by atoms with Crippen LogP contribution in [-0.4, -0.2) is 36.4 Å². The second kappa shape index (κ2) is 8.21. The summed E-state index contributed by atoms with van der Waals surface area (Å²) in [6.07, 6.45) is 1.68. The number of aryl methyl sites for hydroxylation is 1. The summed E-state index contributed by atoms with van der Waals surface area (Å²) in [5.74, 6) is -0.594. The molecule has 1 aliphatic heterocycles. The number of hydrogen-bond donors (Lipinski definition) is 1. The van der Waals surface area contributed by atoms with E-state index in [-0.39, 0.29) is 23.9 Å². The van der Waals surface area contributed by atoms with Crippen LogP contribution in [0.2, 0.25) is 0 Å². The van der Waals surface area contributed by atoms with Crippen LogP contribution in [0.25, 0.3) is 17.5 Å². The molecular formula is C21H15N3O4S2. The van der Waals surface area contributed by atoms with Crippen molar-refractivity contribution in [2.24, 2.45) is 0 Å². The lowest BCUT2D eigenvalue weighted by atomic mass is 10.1. The molecule has 30 heavy (non-hydrogen) atoms. The first-order chi connectivity index (χ1) is 14.4. The largest absolute Gasteiger partial charge is 0.478 e. The van der Waals surface area contributed by atoms with Crippen LogP contribution in [0.1, 0.15) is 27.4 Å². The summed E-state index contributed by atoms with van der Waals surface area (Å²) in [5.41, 5.74) is 2.77. The highest BCUT2D eigenvalue weighted by atomic mass is 32.2. The molecule has 1 aromatic heterocycles. The molecule has 0 bridgehead atoms. The lowest BCUT2D eigenvalue weighted by molar-refractivity contribution is -0.122. The Hall–Kier alpha value is -3.30. The van der Waals surface area contributed by atoms with Crippen LogP contribution in [0, 0.1) is 6.92 Å². The van der Waals surface area contributed by atoms with E-state index in [1.54, 1.807) is 18.2 Å². The molecule has 4 rings (SSSR count). The van der Waals surface area contributed by atoms with Gasteiger partial charge in [0.1, 0.15) is 10.9 Å². The average Bonchev–Trinajstić information content (AvgIpc) is 3.29. The van der Waals surface area contributed by atoms with Crippen LogP contribution in [-0.2, 0) is 11.3 Å². The first-order valence-electron chi connectivity index (χ1n) is 8.89. The number of benzene rings is 2. The van der Waals surface area contributed by atoms with E-state index in [2.05, 4.69) is 10.2 Å². The molecule has 0 atom stereocenters. The number of aromatic nitrogens is 2. The van der Waals surface area contributed by atoms with Gasteiger partial charge in [-0.3, -0.25) is 9.69 Å². The Kier molecular flexibility index (Phi) is 5.47. The topological polar surface area (TPSA) is 96.5 Å². The van der Waals surface area contributed by atoms with Crippen molar-refractivity contribution in [2.45, 2.75) is 13.5 Å². The highest BCUT2D eigenvalue weighted by molar-refractivity contribution is 8.26. The first kappa shape index (κ1) is 20.0. The maximum atomic E-state index is 12.8. The van der Waals surface area contributed by atoms with Gasteiger partial charge < -0.3 is 9.52 Å². The third kappa shape index (κ3) is 4.17. The van der Waals surface area contributed by atoms with Gasteiger partial charge >= 0.3 is 5.97 Å². The molecule has 3 aromatic rings. The fraction of sp³-hybridized carbons (Fsp3) is 0.0952. The number of hydrogen-bond acceptors (Lipinski definition) is 7. The molecule has 2 aromatic carbocycles. The summed E-state index contributed by atoms with van der Waals surface area (Å²) in [6.45, 7) is 2.06. The minimum Gasteiger partial charge on any atom is -0.478 e. The van der Waals surface area contributed by atoms with Gasteiger partial charge in [-0.1, -0.05) is 53.8 Å². The quantitative estimate of drug-likeness (QED) is 0.470. The van der Waals surface area contributed by atoms with Crippen LogP contribution in [0.5, 0.6) is 0 Å². The molecule has 1 fully saturated rings. The van der Waals surface area contributed by atoms with Crippen molar-refractivity contribution in [3.05, 3.63) is 76.0 Å². The third-order valence-corrected chi connectivity index (χ3v) is 5.73. The Morgan fingerprint density at radius 1 is 1.23 bits per heavy atom. The summed E-state index contributed by atoms with van der Waals surface area (Å²) in [5, 5.41) is 17.1. The van der Waals surface area contributed by atoms with Crippen LogP contribution in [0.3, 0.4) is 0 Å². The molecule has 0 spiro atoms. The molecule has 0 radical (unpaired) electrons. The normalized spacial score (nSPS) is 15.2. The van der Waals surface area contributed by atoms with Crippen molar-refractivity contribution >= 4 is 46.3 Å². The van der Waals surface area contributed by atoms with Gasteiger partial charge in [-0.05, 0) is 42.8 Å². The Morgan fingerprint density at radius 2 is 2.00 bits per heavy atom. The van der Waals surface area contributed by atoms with Gasteiger partial charge in [-0.15, -0.1) is 10.2 Å². The van der Waals surface area contributed by atoms with E-state index in [0.717, 1.165) is 11.1 Å². The van der Waals surface area contributed by atoms with E-state index >= 15 is 0 Å². The average molecular weight is 438 g/mol. The van der Waals surface area contributed by atoms with Crippen molar-refractivity contribution in [2.75, 3.05) is 0 Å². The molecule has 7 nitrogen and oxygen atoms in total. The zero-order chi connectivity index (χ0) is 21.3. The number of thioether (sulfide) groups is 1. The SMILES string of the molecule is Cc1cccc(-c2nnc(CN3C(=O)/C(=C/c4ccc(C(=O)O)cc4)SC3=S)o2)c1. The molecule has 0 saturated carbocycles. The first-order valence-corrected chi connectivity index (χ1v) is 10.1. The van der Waals surface area contributed by atoms with Gasteiger partial charge in [0, 0.05) is 5.56 Å². The number of amides is 1. The minimum atomic E-state index is -1.00. The number of rotatable bonds is 5. The fourth-order valence-corrected chi connectivity index (χ4v) is 4.11. The Labute approximate surface area is 181 Å². The Bertz CT molecular complexity index is 1180. The smallest absolute Gasteiger partial charge is 0.335 e. The number of carboxylic acids is 1. The molecule has 1 N–H and O–H groups in total. The molecule has 1 aliphatic rings. The van der Waals surface area contributed by atoms with Crippen molar-refractivity contribution < 1.29 is 19.1 Å². The van der Waals surface area contributed by atoms with Crippen molar-refractivity contribution in [3.8, 4) is 11.5 Å². The zero-order valence-corrected chi connectivity index (χ0v) is 17.4. The summed E-state index contributed by atoms with van der Waals surface area (Å²) in [4.78, 5) is 25.6. The van der Waals surface area contributed by atoms with Crippen molar-refractivity contribution in [1.29, 1.82) is 0 Å². The van der Waals surface area contributed by atoms with E-state index in [4.69, 9.17) is 21.7 Å². The Morgan fingerprint density at radius 3 is 2.70 bits per heavy atom. The minimum absolute atomic E-state index is 0.0821. The summed E-state index contributed by atoms with van der Waals surface area (Å²) >= 11 is 6.52. The number of carbonyl (C=O) groups is 2. The van der Waals surface area contributed by atoms with E-state index in [0.29, 0.717) is 20.7 Å². The molecule has 1 amide bonds. The van der Waals surface area contributed by atoms with Gasteiger partial charge in [-0.25, -0.2) is 4.79 Å². The number of carbonyl (C=O) groups excluding carboxylic acids is 1. The Balaban J connectivity index is 1.50. The zero-order valence-electron chi connectivity index (χ0n) is 15.7. The predicted octanol–water partition coefficient (Wildman–Crippen LogP) is 4.14. The van der Waals surface area contributed by atoms with Crippen LogP contribution < -0.4 is 0 Å². The third-order valence-electron chi connectivity index (χ3n) is 4.35. The molecule has 9 heteroatoms. The van der Waals surface area contributed by atoms with Crippen molar-refractivity contribution in [3.63, 3.8) is 0 Å². The van der Waals surface area contributed by atoms with E-state index in [9.17, 15) is 9.59 Å². The van der Waals surface area contributed by atoms with Crippen LogP contribution >= 0.6 is 24.0 Å². The standard InChI is InChI=1S/C21H15N3O4S2/c1-12-3-2-4-15(9-12)18-23-22-17(28-18)11-24-19(25)16(30-21(24)29)10-13-5-7-14(8-6-13)20(26)27/h2-10H,11H2,1H3,(H,26,27)/b16-10-. The van der Waals surface area contributed by atoms with E-state index in [1.165, 1.54) is 28.8 Å². The number of nitrogens with zero attached hydrogens (tertiary/aromatic N) is 3. The van der Waals surface area contributed by atoms with E-state index in [1.807, 2.05) is 31.2 Å². The van der Waals surface area contributed by atoms with Crippen molar-refractivity contribution in [1.82, 2.24) is 15.1 Å². The molecule has 2 heterocycles. The number of aromatic carboxylic acids is 1. The predicted molar refractivity (Wildman–Crippen MR) is 117 cm³/mol. The molecule has 0 aliphatic carbocycles. The van der Waals surface area contributed by atoms with Gasteiger partial charge in [0.25, 0.3) is 5.91 Å². The van der Waals surface area contributed by atoms with Gasteiger partial charge in [0.05, 0.1) is 10.5 Å². The summed E-state index contributed by atoms with van der Waals surface area (Å²) in [6, 6.07) is 14.0. The van der Waals surface area contributed by atoms with Crippen LogP contribution in [0.4, 0.5) is 0 Å². The lowest BCUT2D eigenvalue weighted by Crippen LogP contribution is -2.27. The summed E-state index contributed by atoms with van der Waals surface area (Å²) < 4.78 is 6.10. The molecule has 150 valence electrons. The second-order valence-electron chi connectivity index (χ2n) is 6.57. The second-order valence-corrected chi connectivity index (χ2v) is 8.24. The maximum Gasteiger partial charge on any atom is 0.335 e. The summed E-state index contributed by atoms with van der Waals surface area (Å²) in [7, 11) is 0. The highest BCUT2D eigenvalue weighted by Crippen LogP contribution is 2.33. The number of thiocarbonyl (C=S) groups is 1. The number of carboxylic acid groups (broad SMARTS) is 1. The van der Waals surface area contributed by atoms with Gasteiger partial charge in [0.15, 0.2) is 0 Å². The highest BCUT2D eigenvalue weighted by Gasteiger charge is 2.33. The van der Waals surface area contributed by atoms with Crippen LogP contribution in [0.15, 0.2) is 57.9 Å². The molecule has 1 saturated heterocycles. The maximum absolute atomic E-state index is 12.8. The van der Waals surface area contributed by atoms with Gasteiger partial charge in [-0.2, -0.15) is 0 Å². The molecule has 0 unspecified atom stereocenters. The monoisotopic (exact) mass is 437 g/mol. The van der Waals surface area contributed by atoms with E-state index < -0.39 is 5.97 Å². The lowest BCUT2D eigenvalue weighted by Gasteiger charge is -2.10. The fourth-order valence-electron chi connectivity index (χ4n) is 2.86. The van der Waals surface area contributed by atoms with Gasteiger partial charge in [0.2, 0.25) is 11.8 Å².